The van der Waals surface area contributed by atoms with E-state index in [-0.39, 0.29) is 43.8 Å². The number of benzene rings is 2. The quantitative estimate of drug-likeness (QED) is 0.101. The van der Waals surface area contributed by atoms with E-state index in [0.717, 1.165) is 10.9 Å². The van der Waals surface area contributed by atoms with E-state index in [1.807, 2.05) is 24.3 Å². The number of nitrogens with one attached hydrogen (secondary N) is 6. The van der Waals surface area contributed by atoms with Gasteiger partial charge in [-0.3, -0.25) is 38.4 Å². The van der Waals surface area contributed by atoms with Gasteiger partial charge < -0.3 is 53.7 Å². The number of fused-ring (bicyclic) bond motifs is 2. The summed E-state index contributed by atoms with van der Waals surface area (Å²) in [4.78, 5) is 114. The number of H-pyrrole nitrogens is 1. The minimum absolute atomic E-state index is 0.0446. The fourth-order valence-electron chi connectivity index (χ4n) is 8.36. The lowest BCUT2D eigenvalue weighted by molar-refractivity contribution is -0.143. The first-order chi connectivity index (χ1) is 32.4. The first-order valence-electron chi connectivity index (χ1n) is 22.4. The molecule has 2 fully saturated rings. The number of aromatic nitrogens is 4. The molecule has 0 bridgehead atoms. The zero-order valence-corrected chi connectivity index (χ0v) is 38.4. The number of rotatable bonds is 10. The summed E-state index contributed by atoms with van der Waals surface area (Å²) in [6.07, 6.45) is 3.26. The molecule has 0 saturated carbocycles. The van der Waals surface area contributed by atoms with Crippen LogP contribution in [0.5, 0.6) is 0 Å². The number of para-hydroxylation sites is 1. The van der Waals surface area contributed by atoms with Gasteiger partial charge in [0.25, 0.3) is 0 Å². The zero-order chi connectivity index (χ0) is 49.2. The van der Waals surface area contributed by atoms with Crippen LogP contribution in [0.15, 0.2) is 54.9 Å². The molecule has 4 heterocycles. The van der Waals surface area contributed by atoms with Gasteiger partial charge in [-0.1, -0.05) is 61.3 Å². The molecule has 8 atom stereocenters. The van der Waals surface area contributed by atoms with Gasteiger partial charge in [-0.25, -0.2) is 9.07 Å². The van der Waals surface area contributed by atoms with Crippen LogP contribution in [0.3, 0.4) is 0 Å². The van der Waals surface area contributed by atoms with Crippen molar-refractivity contribution in [2.75, 3.05) is 13.1 Å². The Labute approximate surface area is 395 Å². The highest BCUT2D eigenvalue weighted by atomic mass is 35.5. The van der Waals surface area contributed by atoms with E-state index >= 15 is 0 Å². The maximum Gasteiger partial charge on any atom is 0.246 e. The summed E-state index contributed by atoms with van der Waals surface area (Å²) >= 11 is 5.88. The van der Waals surface area contributed by atoms with Gasteiger partial charge in [-0.2, -0.15) is 0 Å². The molecule has 4 aromatic rings. The number of halogens is 2. The van der Waals surface area contributed by atoms with Crippen molar-refractivity contribution in [2.24, 2.45) is 23.1 Å². The van der Waals surface area contributed by atoms with Crippen LogP contribution in [0.2, 0.25) is 5.02 Å². The number of carbonyl (C=O) groups is 8. The number of nitrogens with two attached hydrogens (primary N) is 3. The molecule has 8 amide bonds. The van der Waals surface area contributed by atoms with Crippen molar-refractivity contribution >= 4 is 69.8 Å². The summed E-state index contributed by atoms with van der Waals surface area (Å²) in [5.41, 5.74) is 19.7. The molecule has 21 nitrogen and oxygen atoms in total. The Morgan fingerprint density at radius 3 is 2.40 bits per heavy atom. The minimum Gasteiger partial charge on any atom is -0.370 e. The summed E-state index contributed by atoms with van der Waals surface area (Å²) in [6, 6.07) is 2.82. The largest absolute Gasteiger partial charge is 0.370 e. The van der Waals surface area contributed by atoms with Gasteiger partial charge in [0.05, 0.1) is 35.6 Å². The lowest BCUT2D eigenvalue weighted by Crippen LogP contribution is -2.60. The van der Waals surface area contributed by atoms with Crippen molar-refractivity contribution < 1.29 is 42.7 Å². The summed E-state index contributed by atoms with van der Waals surface area (Å²) in [7, 11) is 0. The van der Waals surface area contributed by atoms with Crippen molar-refractivity contribution in [3.05, 3.63) is 82.5 Å². The Morgan fingerprint density at radius 1 is 0.941 bits per heavy atom. The normalized spacial score (nSPS) is 24.5. The van der Waals surface area contributed by atoms with Crippen LogP contribution in [0.1, 0.15) is 81.7 Å². The molecule has 0 unspecified atom stereocenters. The van der Waals surface area contributed by atoms with Crippen LogP contribution in [-0.4, -0.2) is 121 Å². The van der Waals surface area contributed by atoms with E-state index in [1.165, 1.54) is 21.7 Å². The number of carbonyl (C=O) groups excluding carboxylic acids is 8. The SMILES string of the molecule is CC[C@H](C)[C@@H]1NC(=O)[C@H](CC(N)=O)NC(=O)[C@@H](N)CC(=O)NCCCC[C@@H](C(N)=O)NC(=O)[C@H](Cc2c[nH]c3ccccc23)NC(=O)[C@@H]2C[C@H](n3cc(Cc4ccc(Cl)c(F)c4)nn3)CN2C1=O. The lowest BCUT2D eigenvalue weighted by atomic mass is 9.96. The second-order valence-electron chi connectivity index (χ2n) is 17.4. The molecule has 23 heteroatoms. The molecular weight excluding hydrogens is 905 g/mol. The smallest absolute Gasteiger partial charge is 0.246 e. The molecule has 2 aliphatic heterocycles. The third kappa shape index (κ3) is 12.7. The fourth-order valence-corrected chi connectivity index (χ4v) is 8.47. The maximum absolute atomic E-state index is 15.0. The first kappa shape index (κ1) is 50.5. The number of nitrogens with zero attached hydrogens (tertiary/aromatic N) is 4. The monoisotopic (exact) mass is 961 g/mol. The van der Waals surface area contributed by atoms with Crippen molar-refractivity contribution in [2.45, 2.75) is 114 Å². The van der Waals surface area contributed by atoms with Gasteiger partial charge in [-0.15, -0.1) is 5.10 Å². The summed E-state index contributed by atoms with van der Waals surface area (Å²) in [5.74, 6) is -7.69. The predicted molar refractivity (Wildman–Crippen MR) is 245 cm³/mol. The molecule has 364 valence electrons. The molecule has 0 radical (unpaired) electrons. The molecule has 2 saturated heterocycles. The molecule has 2 aromatic carbocycles. The molecule has 68 heavy (non-hydrogen) atoms. The fraction of sp³-hybridized carbons (Fsp3) is 0.467. The van der Waals surface area contributed by atoms with Crippen molar-refractivity contribution in [3.63, 3.8) is 0 Å². The molecule has 0 spiro atoms. The molecule has 6 rings (SSSR count). The van der Waals surface area contributed by atoms with Gasteiger partial charge in [-0.05, 0) is 54.5 Å². The number of amides is 8. The number of primary amides is 2. The topological polar surface area (TPSA) is 325 Å². The highest BCUT2D eigenvalue weighted by Crippen LogP contribution is 2.30. The van der Waals surface area contributed by atoms with Crippen LogP contribution >= 0.6 is 11.6 Å². The lowest BCUT2D eigenvalue weighted by Gasteiger charge is -2.33. The van der Waals surface area contributed by atoms with E-state index in [9.17, 15) is 42.7 Å². The van der Waals surface area contributed by atoms with Crippen LogP contribution < -0.4 is 43.8 Å². The highest BCUT2D eigenvalue weighted by molar-refractivity contribution is 6.30. The Hall–Kier alpha value is -6.94. The standard InChI is InChI=1S/C45H57ClFN13O8/c1-3-23(2)39-45(68)59-22-27(60-21-26(57-58-60)14-24-11-12-29(46)30(47)15-24)17-36(59)44(67)55-34(16-25-20-52-32-9-5-4-8-28(25)32)42(65)53-33(40(50)63)10-6-7-13-51-38(62)18-31(48)41(64)54-35(19-37(49)61)43(66)56-39/h4-5,8-9,11-12,15,20-21,23,27,31,33-36,39,52H,3,6-7,10,13-14,16-19,22,48H2,1-2H3,(H2,49,61)(H2,50,63)(H,51,62)(H,53,65)(H,54,64)(H,55,67)(H,56,66)/t23-,27-,31-,33-,34-,35-,36-,39-/m0/s1. The summed E-state index contributed by atoms with van der Waals surface area (Å²) in [6.45, 7) is 3.43. The predicted octanol–water partition coefficient (Wildman–Crippen LogP) is -0.109. The average Bonchev–Trinajstić information content (AvgIpc) is 4.06. The van der Waals surface area contributed by atoms with Crippen LogP contribution in [0, 0.1) is 11.7 Å². The minimum atomic E-state index is -1.61. The van der Waals surface area contributed by atoms with Gasteiger partial charge in [0, 0.05) is 55.6 Å². The van der Waals surface area contributed by atoms with E-state index < -0.39 is 114 Å². The highest BCUT2D eigenvalue weighted by Gasteiger charge is 2.45. The number of hydrogen-bond acceptors (Lipinski definition) is 11. The number of hydrogen-bond donors (Lipinski definition) is 9. The Kier molecular flexibility index (Phi) is 16.9. The van der Waals surface area contributed by atoms with E-state index in [1.54, 1.807) is 32.3 Å². The van der Waals surface area contributed by atoms with Crippen LogP contribution in [0.4, 0.5) is 4.39 Å². The average molecular weight is 962 g/mol. The van der Waals surface area contributed by atoms with Crippen LogP contribution in [0.25, 0.3) is 10.9 Å². The molecule has 2 aliphatic rings. The van der Waals surface area contributed by atoms with E-state index in [0.29, 0.717) is 36.1 Å². The third-order valence-corrected chi connectivity index (χ3v) is 12.7. The van der Waals surface area contributed by atoms with Crippen molar-refractivity contribution in [1.82, 2.24) is 51.5 Å². The van der Waals surface area contributed by atoms with Crippen LogP contribution in [-0.2, 0) is 51.2 Å². The molecule has 0 aliphatic carbocycles. The van der Waals surface area contributed by atoms with E-state index in [4.69, 9.17) is 28.8 Å². The molecule has 12 N–H and O–H groups in total. The van der Waals surface area contributed by atoms with E-state index in [2.05, 4.69) is 41.9 Å². The Bertz CT molecular complexity index is 2530. The van der Waals surface area contributed by atoms with Gasteiger partial charge in [0.15, 0.2) is 0 Å². The Morgan fingerprint density at radius 2 is 1.68 bits per heavy atom. The number of aromatic amines is 1. The molecular formula is C45H57ClFN13O8. The summed E-state index contributed by atoms with van der Waals surface area (Å²) < 4.78 is 15.8. The third-order valence-electron chi connectivity index (χ3n) is 12.4. The second kappa shape index (κ2) is 22.7. The van der Waals surface area contributed by atoms with Gasteiger partial charge in [0.2, 0.25) is 47.3 Å². The van der Waals surface area contributed by atoms with Gasteiger partial charge >= 0.3 is 0 Å². The van der Waals surface area contributed by atoms with Crippen molar-refractivity contribution in [3.8, 4) is 0 Å². The summed E-state index contributed by atoms with van der Waals surface area (Å²) in [5, 5.41) is 22.5. The zero-order valence-electron chi connectivity index (χ0n) is 37.6. The van der Waals surface area contributed by atoms with Crippen molar-refractivity contribution in [1.29, 1.82) is 0 Å². The second-order valence-corrected chi connectivity index (χ2v) is 17.8. The molecule has 2 aromatic heterocycles. The first-order valence-corrected chi connectivity index (χ1v) is 22.8. The maximum atomic E-state index is 15.0. The van der Waals surface area contributed by atoms with Gasteiger partial charge in [0.1, 0.15) is 36.0 Å². The Balaban J connectivity index is 1.38.